The number of methoxy groups -OCH3 is 3. The highest BCUT2D eigenvalue weighted by atomic mass is 16.7. The zero-order chi connectivity index (χ0) is 24.5. The van der Waals surface area contributed by atoms with Gasteiger partial charge in [0.1, 0.15) is 18.5 Å². The molecule has 8 heteroatoms. The largest absolute Gasteiger partial charge is 0.459 e. The first-order valence-electron chi connectivity index (χ1n) is 13.3. The lowest BCUT2D eigenvalue weighted by Gasteiger charge is -2.68. The molecule has 0 N–H and O–H groups in total. The van der Waals surface area contributed by atoms with Crippen molar-refractivity contribution in [2.24, 2.45) is 34.5 Å². The molecule has 0 radical (unpaired) electrons. The average Bonchev–Trinajstić information content (AvgIpc) is 3.41. The SMILES string of the molecule is CCN1C[C@]2(C)C=CC(OC)[C@@]34[C@@H]5C[C@H]6[C@H](OC)[C@@H]5[C@@]5(C[C@@H]6OC)OCO[C@@]5([C@@H](OC(C)=O)[C@@H]32)[C@@H]14. The molecule has 6 fully saturated rings. The van der Waals surface area contributed by atoms with E-state index in [2.05, 4.69) is 30.9 Å². The fraction of sp³-hybridized carbons (Fsp3) is 0.889. The maximum absolute atomic E-state index is 12.7. The highest BCUT2D eigenvalue weighted by molar-refractivity contribution is 5.67. The molecular weight excluding hydrogens is 450 g/mol. The summed E-state index contributed by atoms with van der Waals surface area (Å²) in [7, 11) is 5.45. The van der Waals surface area contributed by atoms with E-state index in [9.17, 15) is 4.79 Å². The third-order valence-corrected chi connectivity index (χ3v) is 11.6. The molecule has 2 aliphatic heterocycles. The molecule has 8 nitrogen and oxygen atoms in total. The number of likely N-dealkylation sites (N-methyl/N-ethyl adjacent to an activating group) is 1. The summed E-state index contributed by atoms with van der Waals surface area (Å²) in [5.74, 6) is 0.478. The molecule has 2 saturated heterocycles. The van der Waals surface area contributed by atoms with Gasteiger partial charge in [-0.25, -0.2) is 0 Å². The maximum atomic E-state index is 12.7. The van der Waals surface area contributed by atoms with E-state index in [1.807, 2.05) is 14.2 Å². The van der Waals surface area contributed by atoms with Crippen molar-refractivity contribution < 1.29 is 33.2 Å². The average molecular weight is 490 g/mol. The van der Waals surface area contributed by atoms with Crippen LogP contribution in [0.4, 0.5) is 0 Å². The number of likely N-dealkylation sites (tertiary alicyclic amines) is 1. The molecule has 7 aliphatic rings. The Balaban J connectivity index is 1.58. The quantitative estimate of drug-likeness (QED) is 0.429. The Morgan fingerprint density at radius 3 is 2.63 bits per heavy atom. The Morgan fingerprint density at radius 2 is 1.97 bits per heavy atom. The Labute approximate surface area is 207 Å². The number of piperidine rings is 1. The summed E-state index contributed by atoms with van der Waals surface area (Å²) in [4.78, 5) is 15.3. The molecule has 0 aromatic rings. The predicted molar refractivity (Wildman–Crippen MR) is 124 cm³/mol. The number of hydrogen-bond donors (Lipinski definition) is 0. The molecule has 5 aliphatic carbocycles. The van der Waals surface area contributed by atoms with Gasteiger partial charge in [-0.3, -0.25) is 9.69 Å². The first kappa shape index (κ1) is 23.1. The number of carbonyl (C=O) groups is 1. The van der Waals surface area contributed by atoms with Crippen LogP contribution in [0.15, 0.2) is 12.2 Å². The Bertz CT molecular complexity index is 973. The summed E-state index contributed by atoms with van der Waals surface area (Å²) in [5, 5.41) is 0. The second-order valence-electron chi connectivity index (χ2n) is 12.3. The lowest BCUT2D eigenvalue weighted by molar-refractivity contribution is -0.269. The van der Waals surface area contributed by atoms with Gasteiger partial charge >= 0.3 is 5.97 Å². The number of rotatable bonds is 5. The van der Waals surface area contributed by atoms with Crippen molar-refractivity contribution >= 4 is 5.97 Å². The molecule has 13 atom stereocenters. The molecule has 4 saturated carbocycles. The summed E-state index contributed by atoms with van der Waals surface area (Å²) >= 11 is 0. The maximum Gasteiger partial charge on any atom is 0.303 e. The molecule has 0 aromatic heterocycles. The number of esters is 1. The van der Waals surface area contributed by atoms with Gasteiger partial charge in [0.15, 0.2) is 5.60 Å². The molecule has 35 heavy (non-hydrogen) atoms. The highest BCUT2D eigenvalue weighted by Gasteiger charge is 2.93. The van der Waals surface area contributed by atoms with Gasteiger partial charge < -0.3 is 28.4 Å². The van der Waals surface area contributed by atoms with Crippen molar-refractivity contribution in [3.05, 3.63) is 12.2 Å². The van der Waals surface area contributed by atoms with Crippen LogP contribution in [0.2, 0.25) is 0 Å². The molecule has 2 heterocycles. The Kier molecular flexibility index (Phi) is 4.68. The number of hydrogen-bond acceptors (Lipinski definition) is 8. The van der Waals surface area contributed by atoms with Crippen molar-refractivity contribution in [1.82, 2.24) is 4.90 Å². The Hall–Kier alpha value is -1.03. The van der Waals surface area contributed by atoms with Gasteiger partial charge in [-0.05, 0) is 18.9 Å². The van der Waals surface area contributed by atoms with E-state index < -0.39 is 17.3 Å². The molecule has 7 rings (SSSR count). The van der Waals surface area contributed by atoms with E-state index in [0.29, 0.717) is 5.92 Å². The first-order valence-corrected chi connectivity index (χ1v) is 13.3. The van der Waals surface area contributed by atoms with Gasteiger partial charge in [0.25, 0.3) is 0 Å². The second-order valence-corrected chi connectivity index (χ2v) is 12.3. The van der Waals surface area contributed by atoms with Gasteiger partial charge in [-0.15, -0.1) is 0 Å². The highest BCUT2D eigenvalue weighted by Crippen LogP contribution is 2.82. The molecule has 3 spiro atoms. The van der Waals surface area contributed by atoms with Crippen LogP contribution >= 0.6 is 0 Å². The smallest absolute Gasteiger partial charge is 0.303 e. The fourth-order valence-electron chi connectivity index (χ4n) is 11.2. The summed E-state index contributed by atoms with van der Waals surface area (Å²) in [6.45, 7) is 8.07. The van der Waals surface area contributed by atoms with Crippen LogP contribution in [-0.4, -0.2) is 93.7 Å². The minimum atomic E-state index is -0.816. The molecular formula is C27H39NO7. The zero-order valence-corrected chi connectivity index (χ0v) is 21.7. The van der Waals surface area contributed by atoms with E-state index >= 15 is 0 Å². The van der Waals surface area contributed by atoms with Crippen molar-refractivity contribution in [1.29, 1.82) is 0 Å². The minimum Gasteiger partial charge on any atom is -0.459 e. The standard InChI is InChI=1S/C27H39NO7/c1-7-28-12-24(3)9-8-18(31-5)26-16-10-15-17(30-4)11-25(19(16)20(15)32-6)27(23(26)28,34-13-33-25)22(21(24)26)35-14(2)29/h8-9,15-23H,7,10-13H2,1-6H3/t15-,16-,17+,18?,19-,20+,21-,22+,23+,24+,25-,26+,27+/m1/s1. The number of carbonyl (C=O) groups excluding carboxylic acids is 1. The minimum absolute atomic E-state index is 0.00139. The number of ether oxygens (including phenoxy) is 6. The van der Waals surface area contributed by atoms with E-state index in [1.165, 1.54) is 6.92 Å². The molecule has 1 unspecified atom stereocenters. The van der Waals surface area contributed by atoms with Crippen molar-refractivity contribution in [2.75, 3.05) is 41.2 Å². The van der Waals surface area contributed by atoms with Crippen LogP contribution in [0.25, 0.3) is 0 Å². The third kappa shape index (κ3) is 2.20. The molecule has 0 amide bonds. The summed E-state index contributed by atoms with van der Waals surface area (Å²) in [6, 6.07) is 0.00735. The van der Waals surface area contributed by atoms with Crippen LogP contribution in [0.5, 0.6) is 0 Å². The summed E-state index contributed by atoms with van der Waals surface area (Å²) < 4.78 is 39.0. The number of fused-ring (bicyclic) bond motifs is 1. The third-order valence-electron chi connectivity index (χ3n) is 11.6. The van der Waals surface area contributed by atoms with Gasteiger partial charge in [0, 0.05) is 69.8 Å². The Morgan fingerprint density at radius 1 is 1.17 bits per heavy atom. The van der Waals surface area contributed by atoms with Gasteiger partial charge in [-0.2, -0.15) is 0 Å². The van der Waals surface area contributed by atoms with Crippen LogP contribution in [0.3, 0.4) is 0 Å². The number of nitrogens with zero attached hydrogens (tertiary/aromatic N) is 1. The molecule has 0 aromatic carbocycles. The lowest BCUT2D eigenvalue weighted by atomic mass is 9.44. The van der Waals surface area contributed by atoms with E-state index in [4.69, 9.17) is 28.4 Å². The van der Waals surface area contributed by atoms with Crippen LogP contribution in [0, 0.1) is 34.5 Å². The predicted octanol–water partition coefficient (Wildman–Crippen LogP) is 2.01. The first-order chi connectivity index (χ1) is 16.8. The van der Waals surface area contributed by atoms with E-state index in [1.54, 1.807) is 7.11 Å². The van der Waals surface area contributed by atoms with Crippen LogP contribution in [-0.2, 0) is 33.2 Å². The molecule has 7 bridgehead atoms. The summed E-state index contributed by atoms with van der Waals surface area (Å²) in [6.07, 6.45) is 5.79. The summed E-state index contributed by atoms with van der Waals surface area (Å²) in [5.41, 5.74) is -1.94. The normalized spacial score (nSPS) is 59.0. The molecule has 194 valence electrons. The van der Waals surface area contributed by atoms with E-state index in [0.717, 1.165) is 25.9 Å². The van der Waals surface area contributed by atoms with Gasteiger partial charge in [0.2, 0.25) is 0 Å². The van der Waals surface area contributed by atoms with Crippen molar-refractivity contribution in [2.45, 2.75) is 75.3 Å². The monoisotopic (exact) mass is 489 g/mol. The van der Waals surface area contributed by atoms with Crippen LogP contribution < -0.4 is 0 Å². The zero-order valence-electron chi connectivity index (χ0n) is 21.7. The van der Waals surface area contributed by atoms with Crippen LogP contribution in [0.1, 0.15) is 33.6 Å². The van der Waals surface area contributed by atoms with Gasteiger partial charge in [-0.1, -0.05) is 26.0 Å². The second kappa shape index (κ2) is 7.08. The lowest BCUT2D eigenvalue weighted by Crippen LogP contribution is -2.80. The van der Waals surface area contributed by atoms with Gasteiger partial charge in [0.05, 0.1) is 24.4 Å². The van der Waals surface area contributed by atoms with E-state index in [-0.39, 0.29) is 65.7 Å². The van der Waals surface area contributed by atoms with Crippen molar-refractivity contribution in [3.8, 4) is 0 Å². The van der Waals surface area contributed by atoms with Crippen molar-refractivity contribution in [3.63, 3.8) is 0 Å². The fourth-order valence-corrected chi connectivity index (χ4v) is 11.2. The topological polar surface area (TPSA) is 75.7 Å².